The summed E-state index contributed by atoms with van der Waals surface area (Å²) in [6.07, 6.45) is 7.48. The molecule has 2 aliphatic rings. The topological polar surface area (TPSA) is 54.5 Å². The molecule has 0 bridgehead atoms. The molecular weight excluding hydrogens is 250 g/mol. The number of sulfone groups is 1. The van der Waals surface area contributed by atoms with Crippen LogP contribution in [0.3, 0.4) is 0 Å². The van der Waals surface area contributed by atoms with E-state index in [1.165, 1.54) is 25.5 Å². The summed E-state index contributed by atoms with van der Waals surface area (Å²) in [6, 6.07) is 0. The van der Waals surface area contributed by atoms with E-state index in [1.807, 2.05) is 0 Å². The molecule has 0 aromatic heterocycles. The van der Waals surface area contributed by atoms with Gasteiger partial charge in [0.15, 0.2) is 14.6 Å². The number of hydrogen-bond acceptors (Lipinski definition) is 3. The molecule has 2 aliphatic carbocycles. The number of hydrogen-bond donors (Lipinski definition) is 0. The second kappa shape index (κ2) is 4.83. The van der Waals surface area contributed by atoms with E-state index in [0.29, 0.717) is 18.8 Å². The van der Waals surface area contributed by atoms with Gasteiger partial charge in [0.1, 0.15) is 0 Å². The summed E-state index contributed by atoms with van der Waals surface area (Å²) < 4.78 is 22.9. The van der Waals surface area contributed by atoms with Crippen LogP contribution in [-0.4, -0.2) is 43.8 Å². The Hall–Kier alpha value is -0.580. The minimum atomic E-state index is -3.32. The third kappa shape index (κ3) is 2.29. The zero-order valence-corrected chi connectivity index (χ0v) is 12.1. The third-order valence-electron chi connectivity index (χ3n) is 4.61. The van der Waals surface area contributed by atoms with E-state index in [-0.39, 0.29) is 5.91 Å². The maximum Gasteiger partial charge on any atom is 0.243 e. The predicted molar refractivity (Wildman–Crippen MR) is 71.0 cm³/mol. The van der Waals surface area contributed by atoms with Gasteiger partial charge in [0, 0.05) is 19.8 Å². The molecule has 5 heteroatoms. The Morgan fingerprint density at radius 2 is 1.78 bits per heavy atom. The van der Waals surface area contributed by atoms with Crippen molar-refractivity contribution in [3.05, 3.63) is 0 Å². The number of carbonyl (C=O) groups is 1. The monoisotopic (exact) mass is 273 g/mol. The van der Waals surface area contributed by atoms with Crippen LogP contribution in [0.5, 0.6) is 0 Å². The highest BCUT2D eigenvalue weighted by atomic mass is 32.2. The van der Waals surface area contributed by atoms with E-state index < -0.39 is 14.6 Å². The Labute approximate surface area is 110 Å². The van der Waals surface area contributed by atoms with Crippen molar-refractivity contribution in [2.24, 2.45) is 5.92 Å². The van der Waals surface area contributed by atoms with Crippen LogP contribution >= 0.6 is 0 Å². The lowest BCUT2D eigenvalue weighted by molar-refractivity contribution is -0.133. The standard InChI is InChI=1S/C13H23NO3S/c1-14(10-11-6-5-7-11)12(15)13(18(2,16)17)8-3-4-9-13/h11H,3-10H2,1-2H3. The van der Waals surface area contributed by atoms with Gasteiger partial charge in [0.25, 0.3) is 0 Å². The highest BCUT2D eigenvalue weighted by molar-refractivity contribution is 7.92. The van der Waals surface area contributed by atoms with E-state index in [0.717, 1.165) is 19.4 Å². The maximum absolute atomic E-state index is 12.5. The molecule has 104 valence electrons. The number of amides is 1. The molecule has 0 heterocycles. The van der Waals surface area contributed by atoms with E-state index >= 15 is 0 Å². The van der Waals surface area contributed by atoms with Gasteiger partial charge in [-0.25, -0.2) is 8.42 Å². The van der Waals surface area contributed by atoms with Gasteiger partial charge >= 0.3 is 0 Å². The third-order valence-corrected chi connectivity index (χ3v) is 6.62. The molecule has 1 amide bonds. The van der Waals surface area contributed by atoms with E-state index in [4.69, 9.17) is 0 Å². The molecule has 0 radical (unpaired) electrons. The SMILES string of the molecule is CN(CC1CCC1)C(=O)C1(S(C)(=O)=O)CCCC1. The Kier molecular flexibility index (Phi) is 3.72. The highest BCUT2D eigenvalue weighted by Gasteiger charge is 2.51. The second-order valence-electron chi connectivity index (χ2n) is 5.96. The lowest BCUT2D eigenvalue weighted by Gasteiger charge is -2.35. The van der Waals surface area contributed by atoms with Gasteiger partial charge in [0.05, 0.1) is 0 Å². The lowest BCUT2D eigenvalue weighted by atomic mass is 9.85. The fourth-order valence-corrected chi connectivity index (χ4v) is 4.69. The van der Waals surface area contributed by atoms with Crippen LogP contribution in [0.25, 0.3) is 0 Å². The fourth-order valence-electron chi connectivity index (χ4n) is 3.18. The molecule has 0 N–H and O–H groups in total. The van der Waals surface area contributed by atoms with Gasteiger partial charge < -0.3 is 4.90 Å². The maximum atomic E-state index is 12.5. The fraction of sp³-hybridized carbons (Fsp3) is 0.923. The predicted octanol–water partition coefficient (Wildman–Crippen LogP) is 1.60. The molecule has 2 fully saturated rings. The minimum Gasteiger partial charge on any atom is -0.344 e. The van der Waals surface area contributed by atoms with Crippen LogP contribution in [-0.2, 0) is 14.6 Å². The Bertz CT molecular complexity index is 420. The minimum absolute atomic E-state index is 0.172. The molecule has 18 heavy (non-hydrogen) atoms. The molecule has 0 saturated heterocycles. The van der Waals surface area contributed by atoms with Crippen molar-refractivity contribution in [2.75, 3.05) is 19.8 Å². The van der Waals surface area contributed by atoms with Gasteiger partial charge in [0.2, 0.25) is 5.91 Å². The zero-order valence-electron chi connectivity index (χ0n) is 11.3. The summed E-state index contributed by atoms with van der Waals surface area (Å²) in [6.45, 7) is 0.718. The molecule has 4 nitrogen and oxygen atoms in total. The Morgan fingerprint density at radius 3 is 2.17 bits per heavy atom. The highest BCUT2D eigenvalue weighted by Crippen LogP contribution is 2.38. The molecule has 0 atom stereocenters. The van der Waals surface area contributed by atoms with Crippen LogP contribution in [0.1, 0.15) is 44.9 Å². The molecule has 0 aromatic carbocycles. The molecule has 2 rings (SSSR count). The van der Waals surface area contributed by atoms with Crippen LogP contribution in [0.2, 0.25) is 0 Å². The van der Waals surface area contributed by atoms with Crippen LogP contribution in [0, 0.1) is 5.92 Å². The lowest BCUT2D eigenvalue weighted by Crippen LogP contribution is -2.52. The summed E-state index contributed by atoms with van der Waals surface area (Å²) >= 11 is 0. The average Bonchev–Trinajstić information content (AvgIpc) is 2.71. The van der Waals surface area contributed by atoms with Gasteiger partial charge in [-0.05, 0) is 31.6 Å². The first kappa shape index (κ1) is 13.8. The van der Waals surface area contributed by atoms with Crippen LogP contribution in [0.4, 0.5) is 0 Å². The normalized spacial score (nSPS) is 23.7. The summed E-state index contributed by atoms with van der Waals surface area (Å²) in [5, 5.41) is 0. The largest absolute Gasteiger partial charge is 0.344 e. The van der Waals surface area contributed by atoms with Crippen molar-refractivity contribution in [2.45, 2.75) is 49.7 Å². The molecule has 0 aliphatic heterocycles. The van der Waals surface area contributed by atoms with Crippen molar-refractivity contribution in [3.63, 3.8) is 0 Å². The Morgan fingerprint density at radius 1 is 1.22 bits per heavy atom. The quantitative estimate of drug-likeness (QED) is 0.782. The summed E-state index contributed by atoms with van der Waals surface area (Å²) in [5.74, 6) is 0.409. The molecule has 0 unspecified atom stereocenters. The van der Waals surface area contributed by atoms with Crippen molar-refractivity contribution < 1.29 is 13.2 Å². The van der Waals surface area contributed by atoms with Gasteiger partial charge in [-0.15, -0.1) is 0 Å². The molecule has 2 saturated carbocycles. The van der Waals surface area contributed by atoms with Gasteiger partial charge in [-0.2, -0.15) is 0 Å². The van der Waals surface area contributed by atoms with E-state index in [1.54, 1.807) is 11.9 Å². The Balaban J connectivity index is 2.13. The van der Waals surface area contributed by atoms with E-state index in [9.17, 15) is 13.2 Å². The first-order valence-electron chi connectivity index (χ1n) is 6.82. The molecule has 0 aromatic rings. The molecular formula is C13H23NO3S. The number of rotatable bonds is 4. The van der Waals surface area contributed by atoms with Gasteiger partial charge in [-0.1, -0.05) is 19.3 Å². The first-order valence-corrected chi connectivity index (χ1v) is 8.71. The van der Waals surface area contributed by atoms with Gasteiger partial charge in [-0.3, -0.25) is 4.79 Å². The number of nitrogens with zero attached hydrogens (tertiary/aromatic N) is 1. The van der Waals surface area contributed by atoms with E-state index in [2.05, 4.69) is 0 Å². The van der Waals surface area contributed by atoms with Crippen molar-refractivity contribution >= 4 is 15.7 Å². The summed E-state index contributed by atoms with van der Waals surface area (Å²) in [7, 11) is -1.57. The first-order chi connectivity index (χ1) is 8.37. The van der Waals surface area contributed by atoms with Crippen molar-refractivity contribution in [3.8, 4) is 0 Å². The number of carbonyl (C=O) groups excluding carboxylic acids is 1. The average molecular weight is 273 g/mol. The summed E-state index contributed by atoms with van der Waals surface area (Å²) in [5.41, 5.74) is 0. The second-order valence-corrected chi connectivity index (χ2v) is 8.28. The van der Waals surface area contributed by atoms with Crippen molar-refractivity contribution in [1.29, 1.82) is 0 Å². The summed E-state index contributed by atoms with van der Waals surface area (Å²) in [4.78, 5) is 14.2. The molecule has 0 spiro atoms. The van der Waals surface area contributed by atoms with Crippen molar-refractivity contribution in [1.82, 2.24) is 4.90 Å². The van der Waals surface area contributed by atoms with Crippen LogP contribution in [0.15, 0.2) is 0 Å². The smallest absolute Gasteiger partial charge is 0.243 e. The zero-order chi connectivity index (χ0) is 13.4. The van der Waals surface area contributed by atoms with Crippen LogP contribution < -0.4 is 0 Å².